The minimum Gasteiger partial charge on any atom is -0.480 e. The summed E-state index contributed by atoms with van der Waals surface area (Å²) in [6.07, 6.45) is 3.54. The van der Waals surface area contributed by atoms with Crippen LogP contribution in [0.15, 0.2) is 18.3 Å². The van der Waals surface area contributed by atoms with Crippen LogP contribution < -0.4 is 10.5 Å². The van der Waals surface area contributed by atoms with E-state index in [0.717, 1.165) is 19.4 Å². The number of pyridine rings is 1. The third-order valence-electron chi connectivity index (χ3n) is 2.94. The summed E-state index contributed by atoms with van der Waals surface area (Å²) in [5, 5.41) is 0. The molecule has 2 N–H and O–H groups in total. The number of methoxy groups -OCH3 is 1. The predicted molar refractivity (Wildman–Crippen MR) is 63.9 cm³/mol. The standard InChI is InChI=1S/C12H17N3O2/c1-17-11-10(5-2-6-14-11)12(16)15-7-3-4-9(13)8-15/h2,5-6,9H,3-4,7-8,13H2,1H3/t9-/m1/s1. The van der Waals surface area contributed by atoms with Crippen molar-refractivity contribution in [2.75, 3.05) is 20.2 Å². The number of nitrogens with two attached hydrogens (primary N) is 1. The first-order valence-corrected chi connectivity index (χ1v) is 5.76. The van der Waals surface area contributed by atoms with E-state index in [-0.39, 0.29) is 11.9 Å². The highest BCUT2D eigenvalue weighted by Crippen LogP contribution is 2.18. The Bertz CT molecular complexity index is 408. The van der Waals surface area contributed by atoms with E-state index >= 15 is 0 Å². The van der Waals surface area contributed by atoms with Crippen molar-refractivity contribution in [2.45, 2.75) is 18.9 Å². The second-order valence-corrected chi connectivity index (χ2v) is 4.21. The Morgan fingerprint density at radius 2 is 2.47 bits per heavy atom. The van der Waals surface area contributed by atoms with Crippen molar-refractivity contribution in [1.82, 2.24) is 9.88 Å². The van der Waals surface area contributed by atoms with Gasteiger partial charge in [-0.1, -0.05) is 0 Å². The lowest BCUT2D eigenvalue weighted by Crippen LogP contribution is -2.45. The summed E-state index contributed by atoms with van der Waals surface area (Å²) in [5.41, 5.74) is 6.37. The number of nitrogens with zero attached hydrogens (tertiary/aromatic N) is 2. The zero-order valence-corrected chi connectivity index (χ0v) is 9.93. The van der Waals surface area contributed by atoms with E-state index < -0.39 is 0 Å². The molecule has 1 aromatic rings. The molecule has 0 bridgehead atoms. The van der Waals surface area contributed by atoms with Gasteiger partial charge in [-0.25, -0.2) is 4.98 Å². The summed E-state index contributed by atoms with van der Waals surface area (Å²) < 4.78 is 5.09. The van der Waals surface area contributed by atoms with Gasteiger partial charge in [0, 0.05) is 25.3 Å². The Balaban J connectivity index is 2.18. The Kier molecular flexibility index (Phi) is 3.58. The number of amides is 1. The summed E-state index contributed by atoms with van der Waals surface area (Å²) in [7, 11) is 1.51. The number of hydrogen-bond acceptors (Lipinski definition) is 4. The van der Waals surface area contributed by atoms with Gasteiger partial charge in [-0.15, -0.1) is 0 Å². The molecule has 0 spiro atoms. The summed E-state index contributed by atoms with van der Waals surface area (Å²) >= 11 is 0. The van der Waals surface area contributed by atoms with E-state index in [1.165, 1.54) is 7.11 Å². The Morgan fingerprint density at radius 3 is 3.18 bits per heavy atom. The van der Waals surface area contributed by atoms with Crippen molar-refractivity contribution in [2.24, 2.45) is 5.73 Å². The number of aromatic nitrogens is 1. The van der Waals surface area contributed by atoms with Gasteiger partial charge in [-0.3, -0.25) is 4.79 Å². The largest absolute Gasteiger partial charge is 0.480 e. The predicted octanol–water partition coefficient (Wildman–Crippen LogP) is 0.654. The molecule has 2 rings (SSSR count). The zero-order valence-electron chi connectivity index (χ0n) is 9.93. The van der Waals surface area contributed by atoms with Crippen molar-refractivity contribution < 1.29 is 9.53 Å². The minimum absolute atomic E-state index is 0.0508. The van der Waals surface area contributed by atoms with Crippen molar-refractivity contribution in [3.8, 4) is 5.88 Å². The number of ether oxygens (including phenoxy) is 1. The molecule has 0 aromatic carbocycles. The van der Waals surface area contributed by atoms with E-state index in [2.05, 4.69) is 4.98 Å². The van der Waals surface area contributed by atoms with Gasteiger partial charge in [0.15, 0.2) is 0 Å². The van der Waals surface area contributed by atoms with Crippen LogP contribution in [0.3, 0.4) is 0 Å². The molecule has 2 heterocycles. The van der Waals surface area contributed by atoms with Crippen LogP contribution >= 0.6 is 0 Å². The highest BCUT2D eigenvalue weighted by Gasteiger charge is 2.24. The van der Waals surface area contributed by atoms with Gasteiger partial charge in [0.1, 0.15) is 5.56 Å². The third kappa shape index (κ3) is 2.55. The van der Waals surface area contributed by atoms with Crippen LogP contribution in [0.4, 0.5) is 0 Å². The van der Waals surface area contributed by atoms with Crippen LogP contribution in [-0.2, 0) is 0 Å². The van der Waals surface area contributed by atoms with Crippen LogP contribution in [0.25, 0.3) is 0 Å². The van der Waals surface area contributed by atoms with Crippen LogP contribution in [0.1, 0.15) is 23.2 Å². The molecular formula is C12H17N3O2. The lowest BCUT2D eigenvalue weighted by Gasteiger charge is -2.30. The lowest BCUT2D eigenvalue weighted by atomic mass is 10.1. The van der Waals surface area contributed by atoms with Crippen molar-refractivity contribution in [3.05, 3.63) is 23.9 Å². The van der Waals surface area contributed by atoms with Crippen LogP contribution in [-0.4, -0.2) is 42.0 Å². The quantitative estimate of drug-likeness (QED) is 0.817. The molecule has 1 aliphatic heterocycles. The molecule has 1 aliphatic rings. The summed E-state index contributed by atoms with van der Waals surface area (Å²) in [4.78, 5) is 18.1. The fraction of sp³-hybridized carbons (Fsp3) is 0.500. The first-order chi connectivity index (χ1) is 8.22. The molecule has 5 nitrogen and oxygen atoms in total. The normalized spacial score (nSPS) is 20.1. The Morgan fingerprint density at radius 1 is 1.65 bits per heavy atom. The second-order valence-electron chi connectivity index (χ2n) is 4.21. The first-order valence-electron chi connectivity index (χ1n) is 5.76. The van der Waals surface area contributed by atoms with E-state index in [1.807, 2.05) is 0 Å². The van der Waals surface area contributed by atoms with Crippen molar-refractivity contribution >= 4 is 5.91 Å². The second kappa shape index (κ2) is 5.14. The number of likely N-dealkylation sites (tertiary alicyclic amines) is 1. The monoisotopic (exact) mass is 235 g/mol. The highest BCUT2D eigenvalue weighted by molar-refractivity contribution is 5.96. The summed E-state index contributed by atoms with van der Waals surface area (Å²) in [5.74, 6) is 0.321. The van der Waals surface area contributed by atoms with Gasteiger partial charge >= 0.3 is 0 Å². The maximum Gasteiger partial charge on any atom is 0.259 e. The third-order valence-corrected chi connectivity index (χ3v) is 2.94. The maximum atomic E-state index is 12.3. The summed E-state index contributed by atoms with van der Waals surface area (Å²) in [6, 6.07) is 3.55. The fourth-order valence-electron chi connectivity index (χ4n) is 2.08. The number of hydrogen-bond donors (Lipinski definition) is 1. The van der Waals surface area contributed by atoms with E-state index in [1.54, 1.807) is 23.2 Å². The average molecular weight is 235 g/mol. The van der Waals surface area contributed by atoms with E-state index in [0.29, 0.717) is 18.0 Å². The summed E-state index contributed by atoms with van der Waals surface area (Å²) in [6.45, 7) is 1.36. The first kappa shape index (κ1) is 11.9. The lowest BCUT2D eigenvalue weighted by molar-refractivity contribution is 0.0704. The number of rotatable bonds is 2. The number of carbonyl (C=O) groups excluding carboxylic acids is 1. The number of piperidine rings is 1. The fourth-order valence-corrected chi connectivity index (χ4v) is 2.08. The molecule has 1 atom stereocenters. The van der Waals surface area contributed by atoms with E-state index in [9.17, 15) is 4.79 Å². The molecular weight excluding hydrogens is 218 g/mol. The minimum atomic E-state index is -0.0508. The van der Waals surface area contributed by atoms with Crippen LogP contribution in [0, 0.1) is 0 Å². The van der Waals surface area contributed by atoms with E-state index in [4.69, 9.17) is 10.5 Å². The smallest absolute Gasteiger partial charge is 0.259 e. The van der Waals surface area contributed by atoms with Crippen molar-refractivity contribution in [3.63, 3.8) is 0 Å². The average Bonchev–Trinajstić information content (AvgIpc) is 2.38. The molecule has 1 aromatic heterocycles. The molecule has 92 valence electrons. The SMILES string of the molecule is COc1ncccc1C(=O)N1CCC[C@@H](N)C1. The molecule has 0 aliphatic carbocycles. The van der Waals surface area contributed by atoms with Crippen LogP contribution in [0.2, 0.25) is 0 Å². The molecule has 1 saturated heterocycles. The molecule has 0 unspecified atom stereocenters. The van der Waals surface area contributed by atoms with Gasteiger partial charge in [0.2, 0.25) is 5.88 Å². The topological polar surface area (TPSA) is 68.5 Å². The van der Waals surface area contributed by atoms with Crippen LogP contribution in [0.5, 0.6) is 5.88 Å². The molecule has 17 heavy (non-hydrogen) atoms. The highest BCUT2D eigenvalue weighted by atomic mass is 16.5. The molecule has 0 saturated carbocycles. The maximum absolute atomic E-state index is 12.3. The molecule has 1 amide bonds. The van der Waals surface area contributed by atoms with Crippen molar-refractivity contribution in [1.29, 1.82) is 0 Å². The molecule has 5 heteroatoms. The van der Waals surface area contributed by atoms with Gasteiger partial charge in [-0.2, -0.15) is 0 Å². The zero-order chi connectivity index (χ0) is 12.3. The molecule has 1 fully saturated rings. The van der Waals surface area contributed by atoms with Gasteiger partial charge < -0.3 is 15.4 Å². The van der Waals surface area contributed by atoms with Gasteiger partial charge in [-0.05, 0) is 25.0 Å². The van der Waals surface area contributed by atoms with Gasteiger partial charge in [0.05, 0.1) is 7.11 Å². The van der Waals surface area contributed by atoms with Gasteiger partial charge in [0.25, 0.3) is 5.91 Å². The Hall–Kier alpha value is -1.62. The Labute approximate surface area is 101 Å². The number of carbonyl (C=O) groups is 1. The molecule has 0 radical (unpaired) electrons.